The summed E-state index contributed by atoms with van der Waals surface area (Å²) in [5.74, 6) is 0. The van der Waals surface area contributed by atoms with Crippen molar-refractivity contribution in [3.8, 4) is 0 Å². The van der Waals surface area contributed by atoms with E-state index in [1.165, 1.54) is 6.92 Å². The lowest BCUT2D eigenvalue weighted by molar-refractivity contribution is -0.138. The van der Waals surface area contributed by atoms with Crippen LogP contribution in [0.4, 0.5) is 13.2 Å². The van der Waals surface area contributed by atoms with E-state index in [1.54, 1.807) is 0 Å². The molecule has 0 radical (unpaired) electrons. The van der Waals surface area contributed by atoms with Gasteiger partial charge in [0, 0.05) is 11.3 Å². The van der Waals surface area contributed by atoms with E-state index >= 15 is 0 Å². The number of aromatic nitrogens is 1. The predicted octanol–water partition coefficient (Wildman–Crippen LogP) is 2.01. The minimum absolute atomic E-state index is 0.211. The third-order valence-corrected chi connectivity index (χ3v) is 1.72. The zero-order valence-electron chi connectivity index (χ0n) is 7.12. The molecule has 72 valence electrons. The molecule has 0 bridgehead atoms. The highest BCUT2D eigenvalue weighted by molar-refractivity contribution is 5.27. The summed E-state index contributed by atoms with van der Waals surface area (Å²) in [7, 11) is 0. The first kappa shape index (κ1) is 9.83. The van der Waals surface area contributed by atoms with E-state index in [4.69, 9.17) is 0 Å². The number of nitrogens with one attached hydrogen (secondary N) is 1. The van der Waals surface area contributed by atoms with Gasteiger partial charge in [-0.3, -0.25) is 4.79 Å². The van der Waals surface area contributed by atoms with Crippen LogP contribution in [0.5, 0.6) is 0 Å². The lowest BCUT2D eigenvalue weighted by Crippen LogP contribution is -2.19. The summed E-state index contributed by atoms with van der Waals surface area (Å²) in [5.41, 5.74) is -1.64. The molecule has 1 N–H and O–H groups in total. The van der Waals surface area contributed by atoms with Gasteiger partial charge in [0.2, 0.25) is 0 Å². The van der Waals surface area contributed by atoms with Crippen molar-refractivity contribution in [1.29, 1.82) is 0 Å². The minimum atomic E-state index is -4.46. The van der Waals surface area contributed by atoms with Crippen LogP contribution in [0.15, 0.2) is 10.9 Å². The van der Waals surface area contributed by atoms with Crippen molar-refractivity contribution in [1.82, 2.24) is 4.98 Å². The van der Waals surface area contributed by atoms with Gasteiger partial charge in [-0.05, 0) is 19.9 Å². The van der Waals surface area contributed by atoms with E-state index in [1.807, 2.05) is 0 Å². The molecule has 0 aliphatic rings. The van der Waals surface area contributed by atoms with E-state index in [0.717, 1.165) is 13.0 Å². The van der Waals surface area contributed by atoms with Crippen LogP contribution in [-0.2, 0) is 6.18 Å². The largest absolute Gasteiger partial charge is 0.416 e. The van der Waals surface area contributed by atoms with Gasteiger partial charge in [-0.1, -0.05) is 0 Å². The van der Waals surface area contributed by atoms with Crippen LogP contribution in [0.3, 0.4) is 0 Å². The van der Waals surface area contributed by atoms with Crippen LogP contribution >= 0.6 is 0 Å². The number of halogens is 3. The first-order chi connectivity index (χ1) is 5.82. The third-order valence-electron chi connectivity index (χ3n) is 1.72. The molecule has 0 aromatic carbocycles. The summed E-state index contributed by atoms with van der Waals surface area (Å²) >= 11 is 0. The molecule has 0 atom stereocenters. The fourth-order valence-electron chi connectivity index (χ4n) is 1.05. The first-order valence-corrected chi connectivity index (χ1v) is 3.60. The highest BCUT2D eigenvalue weighted by atomic mass is 19.4. The SMILES string of the molecule is Cc1cc(C(F)(F)F)c(C)c(=O)[nH]1. The van der Waals surface area contributed by atoms with Crippen LogP contribution in [0.1, 0.15) is 16.8 Å². The molecule has 0 saturated carbocycles. The van der Waals surface area contributed by atoms with E-state index in [0.29, 0.717) is 0 Å². The Morgan fingerprint density at radius 1 is 1.31 bits per heavy atom. The van der Waals surface area contributed by atoms with Crippen molar-refractivity contribution in [3.63, 3.8) is 0 Å². The number of hydrogen-bond donors (Lipinski definition) is 1. The molecular formula is C8H8F3NO. The van der Waals surface area contributed by atoms with Crippen molar-refractivity contribution in [2.24, 2.45) is 0 Å². The number of pyridine rings is 1. The monoisotopic (exact) mass is 191 g/mol. The van der Waals surface area contributed by atoms with E-state index in [9.17, 15) is 18.0 Å². The van der Waals surface area contributed by atoms with Crippen molar-refractivity contribution in [2.45, 2.75) is 20.0 Å². The molecule has 2 nitrogen and oxygen atoms in total. The Bertz CT molecular complexity index is 378. The van der Waals surface area contributed by atoms with Crippen LogP contribution in [0, 0.1) is 13.8 Å². The average Bonchev–Trinajstić information content (AvgIpc) is 1.94. The summed E-state index contributed by atoms with van der Waals surface area (Å²) in [4.78, 5) is 13.2. The Labute approximate surface area is 72.4 Å². The molecule has 0 amide bonds. The number of alkyl halides is 3. The van der Waals surface area contributed by atoms with Gasteiger partial charge in [-0.15, -0.1) is 0 Å². The zero-order valence-corrected chi connectivity index (χ0v) is 7.12. The molecule has 0 aliphatic carbocycles. The smallest absolute Gasteiger partial charge is 0.326 e. The fourth-order valence-corrected chi connectivity index (χ4v) is 1.05. The lowest BCUT2D eigenvalue weighted by atomic mass is 10.1. The number of aromatic amines is 1. The average molecular weight is 191 g/mol. The Morgan fingerprint density at radius 3 is 2.31 bits per heavy atom. The number of rotatable bonds is 0. The van der Waals surface area contributed by atoms with Crippen molar-refractivity contribution < 1.29 is 13.2 Å². The topological polar surface area (TPSA) is 32.9 Å². The molecule has 0 saturated heterocycles. The maximum atomic E-state index is 12.3. The van der Waals surface area contributed by atoms with Gasteiger partial charge in [-0.2, -0.15) is 13.2 Å². The number of aryl methyl sites for hydroxylation is 1. The van der Waals surface area contributed by atoms with Gasteiger partial charge in [0.05, 0.1) is 5.56 Å². The van der Waals surface area contributed by atoms with Crippen LogP contribution in [-0.4, -0.2) is 4.98 Å². The molecule has 0 fully saturated rings. The quantitative estimate of drug-likeness (QED) is 0.668. The van der Waals surface area contributed by atoms with Gasteiger partial charge in [-0.25, -0.2) is 0 Å². The number of hydrogen-bond acceptors (Lipinski definition) is 1. The second-order valence-electron chi connectivity index (χ2n) is 2.82. The Hall–Kier alpha value is -1.26. The van der Waals surface area contributed by atoms with Gasteiger partial charge in [0.25, 0.3) is 5.56 Å². The molecule has 13 heavy (non-hydrogen) atoms. The van der Waals surface area contributed by atoms with E-state index in [-0.39, 0.29) is 11.3 Å². The maximum Gasteiger partial charge on any atom is 0.416 e. The molecule has 1 aromatic rings. The van der Waals surface area contributed by atoms with Gasteiger partial charge in [0.1, 0.15) is 0 Å². The van der Waals surface area contributed by atoms with Crippen molar-refractivity contribution >= 4 is 0 Å². The molecule has 5 heteroatoms. The van der Waals surface area contributed by atoms with E-state index in [2.05, 4.69) is 4.98 Å². The molecule has 1 rings (SSSR count). The highest BCUT2D eigenvalue weighted by Gasteiger charge is 2.33. The summed E-state index contributed by atoms with van der Waals surface area (Å²) in [5, 5.41) is 0. The standard InChI is InChI=1S/C8H8F3NO/c1-4-3-6(8(9,10)11)5(2)7(13)12-4/h3H,1-2H3,(H,12,13). The molecule has 1 aromatic heterocycles. The van der Waals surface area contributed by atoms with Crippen molar-refractivity contribution in [3.05, 3.63) is 33.2 Å². The summed E-state index contributed by atoms with van der Waals surface area (Å²) in [6.45, 7) is 2.57. The normalized spacial score (nSPS) is 11.8. The van der Waals surface area contributed by atoms with Gasteiger partial charge >= 0.3 is 6.18 Å². The second-order valence-corrected chi connectivity index (χ2v) is 2.82. The minimum Gasteiger partial charge on any atom is -0.326 e. The maximum absolute atomic E-state index is 12.3. The Kier molecular flexibility index (Phi) is 2.19. The molecule has 0 aliphatic heterocycles. The Balaban J connectivity index is 3.46. The van der Waals surface area contributed by atoms with Gasteiger partial charge < -0.3 is 4.98 Å². The van der Waals surface area contributed by atoms with Crippen LogP contribution < -0.4 is 5.56 Å². The molecule has 1 heterocycles. The molecular weight excluding hydrogens is 183 g/mol. The predicted molar refractivity (Wildman–Crippen MR) is 41.5 cm³/mol. The van der Waals surface area contributed by atoms with Crippen LogP contribution in [0.2, 0.25) is 0 Å². The first-order valence-electron chi connectivity index (χ1n) is 3.60. The Morgan fingerprint density at radius 2 is 1.85 bits per heavy atom. The summed E-state index contributed by atoms with van der Waals surface area (Å²) in [6.07, 6.45) is -4.46. The lowest BCUT2D eigenvalue weighted by Gasteiger charge is -2.09. The summed E-state index contributed by atoms with van der Waals surface area (Å²) in [6, 6.07) is 0.927. The van der Waals surface area contributed by atoms with Crippen molar-refractivity contribution in [2.75, 3.05) is 0 Å². The zero-order chi connectivity index (χ0) is 10.2. The van der Waals surface area contributed by atoms with Gasteiger partial charge in [0.15, 0.2) is 0 Å². The summed E-state index contributed by atoms with van der Waals surface area (Å²) < 4.78 is 36.8. The van der Waals surface area contributed by atoms with Crippen LogP contribution in [0.25, 0.3) is 0 Å². The van der Waals surface area contributed by atoms with E-state index < -0.39 is 17.3 Å². The fraction of sp³-hybridized carbons (Fsp3) is 0.375. The molecule has 0 spiro atoms. The number of H-pyrrole nitrogens is 1. The third kappa shape index (κ3) is 1.91. The molecule has 0 unspecified atom stereocenters. The highest BCUT2D eigenvalue weighted by Crippen LogP contribution is 2.30. The second kappa shape index (κ2) is 2.90.